The minimum absolute atomic E-state index is 0.135. The predicted molar refractivity (Wildman–Crippen MR) is 55.3 cm³/mol. The summed E-state index contributed by atoms with van der Waals surface area (Å²) in [7, 11) is 0. The van der Waals surface area contributed by atoms with Crippen molar-refractivity contribution in [1.82, 2.24) is 0 Å². The second kappa shape index (κ2) is 2.58. The average molecular weight is 239 g/mol. The molecule has 0 spiro atoms. The molecule has 0 amide bonds. The summed E-state index contributed by atoms with van der Waals surface area (Å²) >= 11 is 3.69. The van der Waals surface area contributed by atoms with Crippen LogP contribution in [0, 0.1) is 0 Å². The van der Waals surface area contributed by atoms with Crippen LogP contribution in [0.2, 0.25) is 0 Å². The molecular formula is C11H11BrO. The fourth-order valence-electron chi connectivity index (χ4n) is 2.83. The van der Waals surface area contributed by atoms with Gasteiger partial charge in [-0.15, -0.1) is 0 Å². The van der Waals surface area contributed by atoms with Gasteiger partial charge >= 0.3 is 0 Å². The molecule has 2 bridgehead atoms. The number of rotatable bonds is 0. The van der Waals surface area contributed by atoms with Crippen LogP contribution in [-0.2, 0) is 0 Å². The van der Waals surface area contributed by atoms with E-state index in [2.05, 4.69) is 40.2 Å². The van der Waals surface area contributed by atoms with E-state index in [0.29, 0.717) is 16.7 Å². The van der Waals surface area contributed by atoms with Crippen molar-refractivity contribution < 1.29 is 5.11 Å². The van der Waals surface area contributed by atoms with Gasteiger partial charge in [-0.05, 0) is 23.5 Å². The quantitative estimate of drug-likeness (QED) is 0.689. The molecule has 13 heavy (non-hydrogen) atoms. The summed E-state index contributed by atoms with van der Waals surface area (Å²) in [4.78, 5) is 0.458. The van der Waals surface area contributed by atoms with Gasteiger partial charge in [0.2, 0.25) is 0 Å². The first kappa shape index (κ1) is 8.01. The van der Waals surface area contributed by atoms with Crippen molar-refractivity contribution in [2.45, 2.75) is 29.2 Å². The van der Waals surface area contributed by atoms with Gasteiger partial charge in [0.25, 0.3) is 0 Å². The van der Waals surface area contributed by atoms with Gasteiger partial charge in [0.05, 0.1) is 6.10 Å². The van der Waals surface area contributed by atoms with Crippen LogP contribution < -0.4 is 0 Å². The van der Waals surface area contributed by atoms with Crippen LogP contribution >= 0.6 is 15.9 Å². The topological polar surface area (TPSA) is 20.2 Å². The minimum Gasteiger partial charge on any atom is -0.392 e. The molecule has 1 aromatic carbocycles. The predicted octanol–water partition coefficient (Wildman–Crippen LogP) is 2.40. The molecule has 0 aliphatic heterocycles. The molecule has 2 heteroatoms. The number of aliphatic hydroxyl groups excluding tert-OH is 1. The lowest BCUT2D eigenvalue weighted by Gasteiger charge is -2.19. The van der Waals surface area contributed by atoms with Crippen molar-refractivity contribution in [1.29, 1.82) is 0 Å². The maximum absolute atomic E-state index is 9.81. The molecule has 0 aromatic heterocycles. The SMILES string of the molecule is O[C@H]1C[C@@H]2c3ccccc3[C@H]1[C@@H]2Br. The van der Waals surface area contributed by atoms with Crippen LogP contribution in [0.1, 0.15) is 29.4 Å². The number of aliphatic hydroxyl groups is 1. The van der Waals surface area contributed by atoms with Crippen LogP contribution in [0.25, 0.3) is 0 Å². The molecule has 2 aliphatic rings. The number of hydrogen-bond donors (Lipinski definition) is 1. The van der Waals surface area contributed by atoms with Crippen LogP contribution in [0.15, 0.2) is 24.3 Å². The van der Waals surface area contributed by atoms with E-state index < -0.39 is 0 Å². The minimum atomic E-state index is -0.135. The summed E-state index contributed by atoms with van der Waals surface area (Å²) < 4.78 is 0. The highest BCUT2D eigenvalue weighted by Crippen LogP contribution is 2.56. The smallest absolute Gasteiger partial charge is 0.0626 e. The van der Waals surface area contributed by atoms with Gasteiger partial charge in [-0.3, -0.25) is 0 Å². The molecule has 1 aromatic rings. The number of alkyl halides is 1. The van der Waals surface area contributed by atoms with E-state index in [0.717, 1.165) is 6.42 Å². The normalized spacial score (nSPS) is 40.8. The molecule has 4 atom stereocenters. The summed E-state index contributed by atoms with van der Waals surface area (Å²) in [5.41, 5.74) is 2.80. The molecular weight excluding hydrogens is 228 g/mol. The molecule has 1 N–H and O–H groups in total. The third kappa shape index (κ3) is 0.906. The average Bonchev–Trinajstić information content (AvgIpc) is 2.56. The summed E-state index contributed by atoms with van der Waals surface area (Å²) in [6, 6.07) is 8.49. The highest BCUT2D eigenvalue weighted by atomic mass is 79.9. The highest BCUT2D eigenvalue weighted by molar-refractivity contribution is 9.09. The lowest BCUT2D eigenvalue weighted by atomic mass is 9.90. The summed E-state index contributed by atoms with van der Waals surface area (Å²) in [6.45, 7) is 0. The van der Waals surface area contributed by atoms with E-state index in [9.17, 15) is 5.11 Å². The summed E-state index contributed by atoms with van der Waals surface area (Å²) in [5, 5.41) is 9.81. The van der Waals surface area contributed by atoms with Crippen LogP contribution in [0.3, 0.4) is 0 Å². The third-order valence-corrected chi connectivity index (χ3v) is 4.60. The largest absolute Gasteiger partial charge is 0.392 e. The van der Waals surface area contributed by atoms with Gasteiger partial charge in [0.1, 0.15) is 0 Å². The van der Waals surface area contributed by atoms with E-state index in [1.54, 1.807) is 0 Å². The number of benzene rings is 1. The molecule has 2 aliphatic carbocycles. The van der Waals surface area contributed by atoms with Crippen LogP contribution in [-0.4, -0.2) is 16.0 Å². The van der Waals surface area contributed by atoms with Gasteiger partial charge in [-0.2, -0.15) is 0 Å². The third-order valence-electron chi connectivity index (χ3n) is 3.39. The van der Waals surface area contributed by atoms with Crippen molar-refractivity contribution in [3.63, 3.8) is 0 Å². The van der Waals surface area contributed by atoms with Gasteiger partial charge in [0, 0.05) is 10.7 Å². The van der Waals surface area contributed by atoms with E-state index in [1.165, 1.54) is 11.1 Å². The number of halogens is 1. The molecule has 0 radical (unpaired) electrons. The van der Waals surface area contributed by atoms with Crippen molar-refractivity contribution in [3.8, 4) is 0 Å². The van der Waals surface area contributed by atoms with E-state index in [4.69, 9.17) is 0 Å². The van der Waals surface area contributed by atoms with Gasteiger partial charge < -0.3 is 5.11 Å². The Labute approximate surface area is 85.9 Å². The zero-order valence-corrected chi connectivity index (χ0v) is 8.74. The van der Waals surface area contributed by atoms with Crippen molar-refractivity contribution in [2.75, 3.05) is 0 Å². The second-order valence-electron chi connectivity index (χ2n) is 4.01. The Morgan fingerprint density at radius 3 is 2.69 bits per heavy atom. The summed E-state index contributed by atoms with van der Waals surface area (Å²) in [5.74, 6) is 0.873. The Balaban J connectivity index is 2.18. The standard InChI is InChI=1S/C11H11BrO/c12-11-8-5-9(13)10(11)7-4-2-1-3-6(7)8/h1-4,8-11,13H,5H2/t8-,9+,10-,11-/m1/s1. The first-order chi connectivity index (χ1) is 6.29. The molecule has 0 saturated heterocycles. The zero-order chi connectivity index (χ0) is 9.00. The Morgan fingerprint density at radius 1 is 1.23 bits per heavy atom. The van der Waals surface area contributed by atoms with Gasteiger partial charge in [0.15, 0.2) is 0 Å². The fourth-order valence-corrected chi connectivity index (χ4v) is 3.97. The monoisotopic (exact) mass is 238 g/mol. The molecule has 68 valence electrons. The molecule has 3 rings (SSSR count). The Morgan fingerprint density at radius 2 is 1.92 bits per heavy atom. The van der Waals surface area contributed by atoms with E-state index >= 15 is 0 Å². The zero-order valence-electron chi connectivity index (χ0n) is 7.15. The first-order valence-electron chi connectivity index (χ1n) is 4.70. The lowest BCUT2D eigenvalue weighted by Crippen LogP contribution is -2.16. The maximum atomic E-state index is 9.81. The first-order valence-corrected chi connectivity index (χ1v) is 5.61. The lowest BCUT2D eigenvalue weighted by molar-refractivity contribution is 0.159. The Kier molecular flexibility index (Phi) is 1.59. The van der Waals surface area contributed by atoms with Crippen LogP contribution in [0.4, 0.5) is 0 Å². The van der Waals surface area contributed by atoms with Gasteiger partial charge in [-0.25, -0.2) is 0 Å². The van der Waals surface area contributed by atoms with Crippen molar-refractivity contribution in [3.05, 3.63) is 35.4 Å². The maximum Gasteiger partial charge on any atom is 0.0626 e. The van der Waals surface area contributed by atoms with E-state index in [1.807, 2.05) is 0 Å². The van der Waals surface area contributed by atoms with Gasteiger partial charge in [-0.1, -0.05) is 40.2 Å². The molecule has 0 unspecified atom stereocenters. The highest BCUT2D eigenvalue weighted by Gasteiger charge is 2.49. The fraction of sp³-hybridized carbons (Fsp3) is 0.455. The molecule has 1 fully saturated rings. The van der Waals surface area contributed by atoms with Crippen molar-refractivity contribution >= 4 is 15.9 Å². The van der Waals surface area contributed by atoms with Crippen LogP contribution in [0.5, 0.6) is 0 Å². The van der Waals surface area contributed by atoms with Crippen molar-refractivity contribution in [2.24, 2.45) is 0 Å². The molecule has 1 saturated carbocycles. The number of hydrogen-bond acceptors (Lipinski definition) is 1. The summed E-state index contributed by atoms with van der Waals surface area (Å²) in [6.07, 6.45) is 0.793. The Hall–Kier alpha value is -0.340. The number of fused-ring (bicyclic) bond motifs is 5. The second-order valence-corrected chi connectivity index (χ2v) is 5.07. The Bertz CT molecular complexity index is 350. The van der Waals surface area contributed by atoms with E-state index in [-0.39, 0.29) is 6.10 Å². The molecule has 1 nitrogen and oxygen atoms in total. The molecule has 0 heterocycles.